The topological polar surface area (TPSA) is 21.3 Å². The predicted molar refractivity (Wildman–Crippen MR) is 78.1 cm³/mol. The normalized spacial score (nSPS) is 14.6. The maximum absolute atomic E-state index is 5.76. The van der Waals surface area contributed by atoms with Gasteiger partial charge >= 0.3 is 0 Å². The largest absolute Gasteiger partial charge is 0.491 e. The van der Waals surface area contributed by atoms with Gasteiger partial charge in [0.25, 0.3) is 0 Å². The fourth-order valence-corrected chi connectivity index (χ4v) is 2.46. The number of ether oxygens (including phenoxy) is 1. The predicted octanol–water partition coefficient (Wildman–Crippen LogP) is 4.17. The third-order valence-electron chi connectivity index (χ3n) is 3.21. The maximum Gasteiger partial charge on any atom is 0.120 e. The summed E-state index contributed by atoms with van der Waals surface area (Å²) >= 11 is 0. The van der Waals surface area contributed by atoms with Crippen LogP contribution in [0.5, 0.6) is 5.75 Å². The highest BCUT2D eigenvalue weighted by Gasteiger charge is 2.17. The molecule has 1 rings (SSSR count). The highest BCUT2D eigenvalue weighted by atomic mass is 16.5. The Kier molecular flexibility index (Phi) is 6.20. The van der Waals surface area contributed by atoms with Crippen LogP contribution in [-0.2, 0) is 0 Å². The van der Waals surface area contributed by atoms with Crippen LogP contribution in [0, 0.1) is 5.92 Å². The van der Waals surface area contributed by atoms with Crippen molar-refractivity contribution in [3.8, 4) is 5.75 Å². The van der Waals surface area contributed by atoms with Crippen LogP contribution >= 0.6 is 0 Å². The van der Waals surface area contributed by atoms with E-state index in [9.17, 15) is 0 Å². The molecule has 0 aliphatic rings. The van der Waals surface area contributed by atoms with E-state index in [1.807, 2.05) is 13.1 Å². The third kappa shape index (κ3) is 4.34. The monoisotopic (exact) mass is 249 g/mol. The molecule has 0 fully saturated rings. The Morgan fingerprint density at radius 2 is 1.94 bits per heavy atom. The molecule has 2 unspecified atom stereocenters. The van der Waals surface area contributed by atoms with Crippen LogP contribution in [0.25, 0.3) is 0 Å². The molecular formula is C16H27NO. The smallest absolute Gasteiger partial charge is 0.120 e. The molecule has 1 N–H and O–H groups in total. The van der Waals surface area contributed by atoms with E-state index in [4.69, 9.17) is 4.74 Å². The van der Waals surface area contributed by atoms with Crippen molar-refractivity contribution in [3.05, 3.63) is 29.8 Å². The summed E-state index contributed by atoms with van der Waals surface area (Å²) in [6.07, 6.45) is 2.68. The molecule has 0 amide bonds. The molecule has 0 aromatic heterocycles. The van der Waals surface area contributed by atoms with Crippen molar-refractivity contribution in [1.82, 2.24) is 5.32 Å². The first-order valence-electron chi connectivity index (χ1n) is 7.02. The zero-order valence-electron chi connectivity index (χ0n) is 12.4. The minimum Gasteiger partial charge on any atom is -0.491 e. The molecule has 2 atom stereocenters. The lowest BCUT2D eigenvalue weighted by molar-refractivity contribution is 0.241. The molecule has 102 valence electrons. The van der Waals surface area contributed by atoms with Gasteiger partial charge in [-0.15, -0.1) is 0 Å². The van der Waals surface area contributed by atoms with Gasteiger partial charge in [-0.25, -0.2) is 0 Å². The van der Waals surface area contributed by atoms with Crippen molar-refractivity contribution in [2.24, 2.45) is 5.92 Å². The summed E-state index contributed by atoms with van der Waals surface area (Å²) in [6.45, 7) is 8.66. The Morgan fingerprint density at radius 3 is 2.50 bits per heavy atom. The average Bonchev–Trinajstić information content (AvgIpc) is 2.30. The van der Waals surface area contributed by atoms with Crippen LogP contribution in [0.3, 0.4) is 0 Å². The summed E-state index contributed by atoms with van der Waals surface area (Å²) in [5, 5.41) is 3.43. The number of hydrogen-bond acceptors (Lipinski definition) is 2. The van der Waals surface area contributed by atoms with Crippen LogP contribution < -0.4 is 10.1 Å². The quantitative estimate of drug-likeness (QED) is 0.783. The standard InChI is InChI=1S/C16H27NO/c1-6-8-13(4)16(17-5)14-9-7-10-15(11-14)18-12(2)3/h7,9-13,16-17H,6,8H2,1-5H3. The molecule has 1 aromatic carbocycles. The first kappa shape index (κ1) is 15.0. The SMILES string of the molecule is CCCC(C)C(NC)c1cccc(OC(C)C)c1. The van der Waals surface area contributed by atoms with E-state index in [0.717, 1.165) is 5.75 Å². The molecule has 0 aliphatic heterocycles. The fraction of sp³-hybridized carbons (Fsp3) is 0.625. The maximum atomic E-state index is 5.76. The second kappa shape index (κ2) is 7.42. The van der Waals surface area contributed by atoms with Gasteiger partial charge in [-0.3, -0.25) is 0 Å². The lowest BCUT2D eigenvalue weighted by atomic mass is 9.91. The van der Waals surface area contributed by atoms with E-state index in [1.165, 1.54) is 18.4 Å². The average molecular weight is 249 g/mol. The summed E-state index contributed by atoms with van der Waals surface area (Å²) in [5.41, 5.74) is 1.32. The van der Waals surface area contributed by atoms with Gasteiger partial charge in [-0.05, 0) is 50.9 Å². The van der Waals surface area contributed by atoms with Gasteiger partial charge < -0.3 is 10.1 Å². The number of hydrogen-bond donors (Lipinski definition) is 1. The molecule has 1 aromatic rings. The lowest BCUT2D eigenvalue weighted by Gasteiger charge is -2.24. The van der Waals surface area contributed by atoms with Crippen molar-refractivity contribution < 1.29 is 4.74 Å². The van der Waals surface area contributed by atoms with E-state index < -0.39 is 0 Å². The molecule has 0 saturated carbocycles. The first-order valence-corrected chi connectivity index (χ1v) is 7.02. The Balaban J connectivity index is 2.85. The van der Waals surface area contributed by atoms with Gasteiger partial charge in [-0.1, -0.05) is 32.4 Å². The molecular weight excluding hydrogens is 222 g/mol. The highest BCUT2D eigenvalue weighted by molar-refractivity contribution is 5.31. The summed E-state index contributed by atoms with van der Waals surface area (Å²) < 4.78 is 5.76. The first-order chi connectivity index (χ1) is 8.58. The van der Waals surface area contributed by atoms with Crippen molar-refractivity contribution in [1.29, 1.82) is 0 Å². The van der Waals surface area contributed by atoms with Gasteiger partial charge in [-0.2, -0.15) is 0 Å². The van der Waals surface area contributed by atoms with Crippen LogP contribution in [-0.4, -0.2) is 13.2 Å². The molecule has 0 spiro atoms. The number of nitrogens with one attached hydrogen (secondary N) is 1. The Labute approximate surface area is 112 Å². The van der Waals surface area contributed by atoms with E-state index in [1.54, 1.807) is 0 Å². The van der Waals surface area contributed by atoms with E-state index in [0.29, 0.717) is 12.0 Å². The van der Waals surface area contributed by atoms with Crippen LogP contribution in [0.2, 0.25) is 0 Å². The number of rotatable bonds is 7. The summed E-state index contributed by atoms with van der Waals surface area (Å²) in [7, 11) is 2.03. The molecule has 0 heterocycles. The third-order valence-corrected chi connectivity index (χ3v) is 3.21. The Hall–Kier alpha value is -1.02. The Bertz CT molecular complexity index is 349. The van der Waals surface area contributed by atoms with Gasteiger partial charge in [0.15, 0.2) is 0 Å². The minimum absolute atomic E-state index is 0.223. The van der Waals surface area contributed by atoms with Crippen molar-refractivity contribution in [2.45, 2.75) is 52.7 Å². The summed E-state index contributed by atoms with van der Waals surface area (Å²) in [5.74, 6) is 1.60. The van der Waals surface area contributed by atoms with E-state index >= 15 is 0 Å². The minimum atomic E-state index is 0.223. The van der Waals surface area contributed by atoms with Gasteiger partial charge in [0.1, 0.15) is 5.75 Å². The van der Waals surface area contributed by atoms with Crippen LogP contribution in [0.1, 0.15) is 52.1 Å². The zero-order chi connectivity index (χ0) is 13.5. The molecule has 18 heavy (non-hydrogen) atoms. The summed E-state index contributed by atoms with van der Waals surface area (Å²) in [6, 6.07) is 8.85. The van der Waals surface area contributed by atoms with Crippen molar-refractivity contribution in [2.75, 3.05) is 7.05 Å². The van der Waals surface area contributed by atoms with Gasteiger partial charge in [0, 0.05) is 6.04 Å². The van der Waals surface area contributed by atoms with Crippen LogP contribution in [0.15, 0.2) is 24.3 Å². The fourth-order valence-electron chi connectivity index (χ4n) is 2.46. The van der Waals surface area contributed by atoms with Crippen molar-refractivity contribution >= 4 is 0 Å². The molecule has 0 radical (unpaired) electrons. The van der Waals surface area contributed by atoms with Crippen LogP contribution in [0.4, 0.5) is 0 Å². The number of benzene rings is 1. The summed E-state index contributed by atoms with van der Waals surface area (Å²) in [4.78, 5) is 0. The molecule has 2 heteroatoms. The zero-order valence-corrected chi connectivity index (χ0v) is 12.4. The second-order valence-corrected chi connectivity index (χ2v) is 5.27. The second-order valence-electron chi connectivity index (χ2n) is 5.27. The molecule has 0 saturated heterocycles. The van der Waals surface area contributed by atoms with Crippen molar-refractivity contribution in [3.63, 3.8) is 0 Å². The van der Waals surface area contributed by atoms with E-state index in [-0.39, 0.29) is 6.10 Å². The van der Waals surface area contributed by atoms with Gasteiger partial charge in [0.2, 0.25) is 0 Å². The van der Waals surface area contributed by atoms with Gasteiger partial charge in [0.05, 0.1) is 6.10 Å². The molecule has 0 aliphatic carbocycles. The molecule has 0 bridgehead atoms. The van der Waals surface area contributed by atoms with E-state index in [2.05, 4.69) is 51.2 Å². The molecule has 2 nitrogen and oxygen atoms in total. The highest BCUT2D eigenvalue weighted by Crippen LogP contribution is 2.27. The lowest BCUT2D eigenvalue weighted by Crippen LogP contribution is -2.23. The Morgan fingerprint density at radius 1 is 1.22 bits per heavy atom.